The van der Waals surface area contributed by atoms with Gasteiger partial charge in [0.05, 0.1) is 17.1 Å². The van der Waals surface area contributed by atoms with Crippen molar-refractivity contribution in [1.29, 1.82) is 0 Å². The average molecular weight is 278 g/mol. The van der Waals surface area contributed by atoms with E-state index in [0.717, 1.165) is 0 Å². The Morgan fingerprint density at radius 3 is 2.76 bits per heavy atom. The molecule has 94 valence electrons. The van der Waals surface area contributed by atoms with Gasteiger partial charge in [0.25, 0.3) is 0 Å². The maximum absolute atomic E-state index is 12.5. The highest BCUT2D eigenvalue weighted by atomic mass is 32.3. The summed E-state index contributed by atoms with van der Waals surface area (Å²) in [6.45, 7) is 0.197. The van der Waals surface area contributed by atoms with Crippen LogP contribution < -0.4 is 10.6 Å². The molecule has 1 unspecified atom stereocenters. The molecule has 2 N–H and O–H groups in total. The number of nitrogens with zero attached hydrogens (tertiary/aromatic N) is 1. The molecular formula is C9H11FN2O3S2. The molecule has 0 spiro atoms. The van der Waals surface area contributed by atoms with E-state index in [0.29, 0.717) is 11.4 Å². The first kappa shape index (κ1) is 12.3. The van der Waals surface area contributed by atoms with Crippen molar-refractivity contribution in [3.05, 3.63) is 10.8 Å². The van der Waals surface area contributed by atoms with Crippen molar-refractivity contribution in [2.45, 2.75) is 6.42 Å². The summed E-state index contributed by atoms with van der Waals surface area (Å²) in [5.41, 5.74) is 6.74. The summed E-state index contributed by atoms with van der Waals surface area (Å²) in [5, 5.41) is 3.42. The highest BCUT2D eigenvalue weighted by molar-refractivity contribution is 7.86. The highest BCUT2D eigenvalue weighted by Gasteiger charge is 2.34. The molecule has 5 nitrogen and oxygen atoms in total. The number of thiophene rings is 1. The third kappa shape index (κ3) is 2.75. The van der Waals surface area contributed by atoms with E-state index in [2.05, 4.69) is 0 Å². The number of anilines is 2. The zero-order chi connectivity index (χ0) is 12.6. The van der Waals surface area contributed by atoms with E-state index < -0.39 is 21.9 Å². The van der Waals surface area contributed by atoms with E-state index >= 15 is 0 Å². The van der Waals surface area contributed by atoms with Gasteiger partial charge in [-0.25, -0.2) is 0 Å². The van der Waals surface area contributed by atoms with Crippen LogP contribution in [0.3, 0.4) is 0 Å². The predicted octanol–water partition coefficient (Wildman–Crippen LogP) is 0.983. The largest absolute Gasteiger partial charge is 0.396 e. The molecule has 1 aromatic rings. The fourth-order valence-corrected chi connectivity index (χ4v) is 3.44. The van der Waals surface area contributed by atoms with Crippen molar-refractivity contribution in [2.24, 2.45) is 5.92 Å². The van der Waals surface area contributed by atoms with E-state index in [4.69, 9.17) is 5.73 Å². The Bertz CT molecular complexity index is 540. The van der Waals surface area contributed by atoms with E-state index in [1.165, 1.54) is 16.2 Å². The molecule has 0 aliphatic carbocycles. The lowest BCUT2D eigenvalue weighted by molar-refractivity contribution is -0.117. The number of carbonyl (C=O) groups is 1. The number of hydrogen-bond donors (Lipinski definition) is 1. The maximum atomic E-state index is 12.5. The zero-order valence-electron chi connectivity index (χ0n) is 8.80. The predicted molar refractivity (Wildman–Crippen MR) is 64.1 cm³/mol. The molecule has 1 atom stereocenters. The Morgan fingerprint density at radius 2 is 2.24 bits per heavy atom. The van der Waals surface area contributed by atoms with Crippen LogP contribution in [-0.2, 0) is 15.0 Å². The van der Waals surface area contributed by atoms with Crippen molar-refractivity contribution in [1.82, 2.24) is 0 Å². The van der Waals surface area contributed by atoms with Crippen LogP contribution in [0.25, 0.3) is 0 Å². The minimum Gasteiger partial charge on any atom is -0.396 e. The van der Waals surface area contributed by atoms with Crippen molar-refractivity contribution < 1.29 is 17.1 Å². The van der Waals surface area contributed by atoms with Crippen molar-refractivity contribution in [3.63, 3.8) is 0 Å². The monoisotopic (exact) mass is 278 g/mol. The normalized spacial score (nSPS) is 21.1. The van der Waals surface area contributed by atoms with Crippen LogP contribution in [0.4, 0.5) is 15.3 Å². The number of amides is 1. The van der Waals surface area contributed by atoms with Crippen LogP contribution in [0, 0.1) is 5.92 Å². The average Bonchev–Trinajstić information content (AvgIpc) is 2.70. The van der Waals surface area contributed by atoms with Gasteiger partial charge in [-0.3, -0.25) is 4.79 Å². The third-order valence-corrected chi connectivity index (χ3v) is 4.22. The molecule has 0 aromatic carbocycles. The zero-order valence-corrected chi connectivity index (χ0v) is 10.4. The van der Waals surface area contributed by atoms with E-state index in [9.17, 15) is 17.1 Å². The summed E-state index contributed by atoms with van der Waals surface area (Å²) in [4.78, 5) is 13.1. The molecule has 1 aliphatic heterocycles. The molecule has 0 bridgehead atoms. The van der Waals surface area contributed by atoms with Gasteiger partial charge in [-0.1, -0.05) is 0 Å². The quantitative estimate of drug-likeness (QED) is 0.836. The number of nitrogen functional groups attached to an aromatic ring is 1. The lowest BCUT2D eigenvalue weighted by Gasteiger charge is -2.15. The van der Waals surface area contributed by atoms with E-state index in [1.807, 2.05) is 0 Å². The number of rotatable bonds is 3. The van der Waals surface area contributed by atoms with Gasteiger partial charge in [-0.2, -0.15) is 8.42 Å². The fourth-order valence-electron chi connectivity index (χ4n) is 1.93. The standard InChI is InChI=1S/C9H11FN2O3S2/c10-17(14,15)5-6-1-9(13)12(2-6)8-4-16-3-7(8)11/h3-4,6H,1-2,5,11H2. The van der Waals surface area contributed by atoms with Gasteiger partial charge in [0.15, 0.2) is 0 Å². The molecule has 1 fully saturated rings. The number of carbonyl (C=O) groups excluding carboxylic acids is 1. The first-order chi connectivity index (χ1) is 7.87. The molecule has 1 saturated heterocycles. The Balaban J connectivity index is 2.14. The lowest BCUT2D eigenvalue weighted by atomic mass is 10.1. The lowest BCUT2D eigenvalue weighted by Crippen LogP contribution is -2.25. The summed E-state index contributed by atoms with van der Waals surface area (Å²) in [6, 6.07) is 0. The molecule has 2 heterocycles. The van der Waals surface area contributed by atoms with Gasteiger partial charge in [-0.05, 0) is 0 Å². The number of hydrogen-bond acceptors (Lipinski definition) is 5. The maximum Gasteiger partial charge on any atom is 0.302 e. The van der Waals surface area contributed by atoms with Gasteiger partial charge in [0.2, 0.25) is 5.91 Å². The highest BCUT2D eigenvalue weighted by Crippen LogP contribution is 2.32. The van der Waals surface area contributed by atoms with Gasteiger partial charge in [0, 0.05) is 29.6 Å². The topological polar surface area (TPSA) is 80.5 Å². The first-order valence-corrected chi connectivity index (χ1v) is 7.41. The summed E-state index contributed by atoms with van der Waals surface area (Å²) in [6.07, 6.45) is 0.0401. The Labute approximate surface area is 102 Å². The van der Waals surface area contributed by atoms with Crippen molar-refractivity contribution in [2.75, 3.05) is 22.9 Å². The second-order valence-corrected chi connectivity index (χ2v) is 6.15. The van der Waals surface area contributed by atoms with Gasteiger partial charge < -0.3 is 10.6 Å². The van der Waals surface area contributed by atoms with Crippen LogP contribution in [0.5, 0.6) is 0 Å². The second kappa shape index (κ2) is 4.26. The van der Waals surface area contributed by atoms with E-state index in [-0.39, 0.29) is 18.9 Å². The Morgan fingerprint density at radius 1 is 1.53 bits per heavy atom. The fraction of sp³-hybridized carbons (Fsp3) is 0.444. The SMILES string of the molecule is Nc1cscc1N1CC(CS(=O)(=O)F)CC1=O. The molecular weight excluding hydrogens is 267 g/mol. The molecule has 17 heavy (non-hydrogen) atoms. The van der Waals surface area contributed by atoms with Crippen LogP contribution >= 0.6 is 11.3 Å². The van der Waals surface area contributed by atoms with Crippen molar-refractivity contribution >= 4 is 38.8 Å². The van der Waals surface area contributed by atoms with Crippen LogP contribution in [0.15, 0.2) is 10.8 Å². The van der Waals surface area contributed by atoms with Crippen LogP contribution in [-0.4, -0.2) is 26.6 Å². The molecule has 8 heteroatoms. The third-order valence-electron chi connectivity index (χ3n) is 2.60. The Hall–Kier alpha value is -1.15. The second-order valence-electron chi connectivity index (χ2n) is 3.99. The van der Waals surface area contributed by atoms with E-state index in [1.54, 1.807) is 10.8 Å². The van der Waals surface area contributed by atoms with Gasteiger partial charge in [0.1, 0.15) is 0 Å². The minimum atomic E-state index is -4.54. The van der Waals surface area contributed by atoms with Crippen LogP contribution in [0.1, 0.15) is 6.42 Å². The summed E-state index contributed by atoms with van der Waals surface area (Å²) >= 11 is 1.36. The molecule has 1 aliphatic rings. The molecule has 0 saturated carbocycles. The summed E-state index contributed by atoms with van der Waals surface area (Å²) in [7, 11) is -4.54. The first-order valence-electron chi connectivity index (χ1n) is 4.91. The molecule has 2 rings (SSSR count). The Kier molecular flexibility index (Phi) is 3.09. The van der Waals surface area contributed by atoms with Gasteiger partial charge >= 0.3 is 10.2 Å². The molecule has 1 aromatic heterocycles. The summed E-state index contributed by atoms with van der Waals surface area (Å²) < 4.78 is 33.6. The minimum absolute atomic E-state index is 0.0401. The van der Waals surface area contributed by atoms with Crippen LogP contribution in [0.2, 0.25) is 0 Å². The molecule has 1 amide bonds. The smallest absolute Gasteiger partial charge is 0.302 e. The van der Waals surface area contributed by atoms with Gasteiger partial charge in [-0.15, -0.1) is 15.2 Å². The number of halogens is 1. The van der Waals surface area contributed by atoms with Crippen molar-refractivity contribution in [3.8, 4) is 0 Å². The number of nitrogens with two attached hydrogens (primary N) is 1. The summed E-state index contributed by atoms with van der Waals surface area (Å²) in [5.74, 6) is -1.33. The molecule has 0 radical (unpaired) electrons.